The van der Waals surface area contributed by atoms with Crippen molar-refractivity contribution in [3.8, 4) is 16.9 Å². The molecule has 0 aliphatic carbocycles. The Morgan fingerprint density at radius 1 is 1.07 bits per heavy atom. The molecule has 41 heavy (non-hydrogen) atoms. The first-order valence-electron chi connectivity index (χ1n) is 12.9. The maximum absolute atomic E-state index is 13.2. The molecule has 0 bridgehead atoms. The molecule has 206 valence electrons. The van der Waals surface area contributed by atoms with Crippen molar-refractivity contribution in [2.75, 3.05) is 7.05 Å². The van der Waals surface area contributed by atoms with Crippen molar-refractivity contribution in [1.82, 2.24) is 40.8 Å². The Balaban J connectivity index is 1.41. The monoisotopic (exact) mass is 566 g/mol. The number of nitrogens with one attached hydrogen (secondary N) is 3. The zero-order valence-corrected chi connectivity index (χ0v) is 23.1. The van der Waals surface area contributed by atoms with Crippen LogP contribution in [-0.4, -0.2) is 49.0 Å². The minimum atomic E-state index is -0.439. The SMILES string of the molecule is CNC(=O)c1ccc(-c2nc([C@H](Cc3ccccc3)NC(=O)/C=C/c3cc(Cl)ccc3-n3cnnn3)[nH]c2C)cc1. The Bertz CT molecular complexity index is 1680. The fraction of sp³-hybridized carbons (Fsp3) is 0.133. The van der Waals surface area contributed by atoms with E-state index in [4.69, 9.17) is 16.6 Å². The molecule has 0 fully saturated rings. The maximum atomic E-state index is 13.2. The van der Waals surface area contributed by atoms with Crippen LogP contribution < -0.4 is 10.6 Å². The number of carbonyl (C=O) groups excluding carboxylic acids is 2. The van der Waals surface area contributed by atoms with Crippen molar-refractivity contribution in [3.05, 3.63) is 118 Å². The highest BCUT2D eigenvalue weighted by Gasteiger charge is 2.20. The summed E-state index contributed by atoms with van der Waals surface area (Å²) in [6.45, 7) is 1.93. The van der Waals surface area contributed by atoms with E-state index in [1.54, 1.807) is 43.5 Å². The van der Waals surface area contributed by atoms with E-state index in [-0.39, 0.29) is 11.8 Å². The second-order valence-corrected chi connectivity index (χ2v) is 9.73. The van der Waals surface area contributed by atoms with E-state index in [0.29, 0.717) is 34.1 Å². The van der Waals surface area contributed by atoms with Crippen molar-refractivity contribution in [3.63, 3.8) is 0 Å². The largest absolute Gasteiger partial charge is 0.355 e. The molecule has 2 aromatic heterocycles. The predicted octanol–water partition coefficient (Wildman–Crippen LogP) is 4.49. The highest BCUT2D eigenvalue weighted by molar-refractivity contribution is 6.30. The van der Waals surface area contributed by atoms with E-state index < -0.39 is 6.04 Å². The molecule has 2 heterocycles. The predicted molar refractivity (Wildman–Crippen MR) is 156 cm³/mol. The number of aromatic amines is 1. The first-order chi connectivity index (χ1) is 19.9. The summed E-state index contributed by atoms with van der Waals surface area (Å²) < 4.78 is 1.50. The summed E-state index contributed by atoms with van der Waals surface area (Å²) >= 11 is 6.22. The molecule has 0 saturated heterocycles. The number of carbonyl (C=O) groups is 2. The average molecular weight is 567 g/mol. The summed E-state index contributed by atoms with van der Waals surface area (Å²) in [5.74, 6) is 0.159. The number of hydrogen-bond donors (Lipinski definition) is 3. The Morgan fingerprint density at radius 2 is 1.85 bits per heavy atom. The number of amides is 2. The van der Waals surface area contributed by atoms with Gasteiger partial charge in [0.2, 0.25) is 5.91 Å². The number of halogens is 1. The van der Waals surface area contributed by atoms with Gasteiger partial charge in [-0.15, -0.1) is 5.10 Å². The maximum Gasteiger partial charge on any atom is 0.251 e. The van der Waals surface area contributed by atoms with Crippen LogP contribution >= 0.6 is 11.6 Å². The standard InChI is InChI=1S/C30H27ClN8O2/c1-19-28(21-8-10-22(11-9-21)30(41)32-2)36-29(34-19)25(16-20-6-4-3-5-7-20)35-27(40)15-12-23-17-24(31)13-14-26(23)39-18-33-37-38-39/h3-15,17-18,25H,16H2,1-2H3,(H,32,41)(H,34,36)(H,35,40)/b15-12+/t25-/m0/s1. The van der Waals surface area contributed by atoms with E-state index in [9.17, 15) is 9.59 Å². The van der Waals surface area contributed by atoms with Crippen LogP contribution in [0.3, 0.4) is 0 Å². The molecular formula is C30H27ClN8O2. The zero-order valence-electron chi connectivity index (χ0n) is 22.4. The summed E-state index contributed by atoms with van der Waals surface area (Å²) in [6, 6.07) is 21.9. The molecule has 3 aromatic carbocycles. The van der Waals surface area contributed by atoms with Crippen LogP contribution in [0.5, 0.6) is 0 Å². The average Bonchev–Trinajstić information content (AvgIpc) is 3.66. The van der Waals surface area contributed by atoms with Gasteiger partial charge >= 0.3 is 0 Å². The highest BCUT2D eigenvalue weighted by atomic mass is 35.5. The molecule has 0 spiro atoms. The van der Waals surface area contributed by atoms with Crippen molar-refractivity contribution < 1.29 is 9.59 Å². The summed E-state index contributed by atoms with van der Waals surface area (Å²) in [4.78, 5) is 33.4. The summed E-state index contributed by atoms with van der Waals surface area (Å²) in [5, 5.41) is 17.5. The molecule has 0 aliphatic rings. The van der Waals surface area contributed by atoms with Gasteiger partial charge in [-0.25, -0.2) is 4.98 Å². The number of aryl methyl sites for hydroxylation is 1. The number of benzene rings is 3. The number of H-pyrrole nitrogens is 1. The second-order valence-electron chi connectivity index (χ2n) is 9.29. The van der Waals surface area contributed by atoms with Crippen molar-refractivity contribution in [1.29, 1.82) is 0 Å². The molecule has 11 heteroatoms. The van der Waals surface area contributed by atoms with Crippen molar-refractivity contribution in [2.24, 2.45) is 0 Å². The van der Waals surface area contributed by atoms with Gasteiger partial charge in [-0.3, -0.25) is 9.59 Å². The number of aromatic nitrogens is 6. The van der Waals surface area contributed by atoms with Gasteiger partial charge in [-0.05, 0) is 65.7 Å². The minimum absolute atomic E-state index is 0.155. The van der Waals surface area contributed by atoms with Crippen LogP contribution in [0, 0.1) is 6.92 Å². The first-order valence-corrected chi connectivity index (χ1v) is 13.2. The Hall–Kier alpha value is -5.09. The lowest BCUT2D eigenvalue weighted by Gasteiger charge is -2.16. The topological polar surface area (TPSA) is 130 Å². The molecule has 0 aliphatic heterocycles. The molecule has 0 unspecified atom stereocenters. The van der Waals surface area contributed by atoms with Gasteiger partial charge in [-0.2, -0.15) is 4.68 Å². The lowest BCUT2D eigenvalue weighted by molar-refractivity contribution is -0.117. The Morgan fingerprint density at radius 3 is 2.56 bits per heavy atom. The first kappa shape index (κ1) is 27.5. The van der Waals surface area contributed by atoms with Crippen LogP contribution in [0.25, 0.3) is 23.0 Å². The summed E-state index contributed by atoms with van der Waals surface area (Å²) in [6.07, 6.45) is 5.12. The van der Waals surface area contributed by atoms with E-state index in [0.717, 1.165) is 22.5 Å². The van der Waals surface area contributed by atoms with E-state index in [1.807, 2.05) is 49.4 Å². The zero-order chi connectivity index (χ0) is 28.8. The van der Waals surface area contributed by atoms with E-state index in [2.05, 4.69) is 31.1 Å². The summed E-state index contributed by atoms with van der Waals surface area (Å²) in [7, 11) is 1.60. The number of rotatable bonds is 9. The molecular weight excluding hydrogens is 540 g/mol. The van der Waals surface area contributed by atoms with Crippen molar-refractivity contribution >= 4 is 29.5 Å². The third-order valence-electron chi connectivity index (χ3n) is 6.48. The van der Waals surface area contributed by atoms with Crippen LogP contribution in [-0.2, 0) is 11.2 Å². The lowest BCUT2D eigenvalue weighted by atomic mass is 10.1. The summed E-state index contributed by atoms with van der Waals surface area (Å²) in [5.41, 5.74) is 5.42. The number of nitrogens with zero attached hydrogens (tertiary/aromatic N) is 5. The van der Waals surface area contributed by atoms with Gasteiger partial charge in [0, 0.05) is 40.5 Å². The molecule has 0 radical (unpaired) electrons. The van der Waals surface area contributed by atoms with Crippen LogP contribution in [0.2, 0.25) is 5.02 Å². The lowest BCUT2D eigenvalue weighted by Crippen LogP contribution is -2.29. The molecule has 1 atom stereocenters. The quantitative estimate of drug-likeness (QED) is 0.225. The van der Waals surface area contributed by atoms with Gasteiger partial charge in [-0.1, -0.05) is 54.1 Å². The van der Waals surface area contributed by atoms with Gasteiger partial charge in [0.05, 0.1) is 17.4 Å². The second kappa shape index (κ2) is 12.4. The molecule has 10 nitrogen and oxygen atoms in total. The van der Waals surface area contributed by atoms with Crippen LogP contribution in [0.1, 0.15) is 39.0 Å². The minimum Gasteiger partial charge on any atom is -0.355 e. The van der Waals surface area contributed by atoms with Crippen LogP contribution in [0.4, 0.5) is 0 Å². The van der Waals surface area contributed by atoms with Gasteiger partial charge in [0.1, 0.15) is 12.2 Å². The molecule has 5 aromatic rings. The third kappa shape index (κ3) is 6.56. The molecule has 5 rings (SSSR count). The Labute approximate surface area is 241 Å². The highest BCUT2D eigenvalue weighted by Crippen LogP contribution is 2.26. The fourth-order valence-corrected chi connectivity index (χ4v) is 4.62. The number of imidazole rings is 1. The van der Waals surface area contributed by atoms with E-state index >= 15 is 0 Å². The van der Waals surface area contributed by atoms with Gasteiger partial charge < -0.3 is 15.6 Å². The number of hydrogen-bond acceptors (Lipinski definition) is 6. The molecule has 2 amide bonds. The van der Waals surface area contributed by atoms with Gasteiger partial charge in [0.25, 0.3) is 5.91 Å². The van der Waals surface area contributed by atoms with Crippen molar-refractivity contribution in [2.45, 2.75) is 19.4 Å². The smallest absolute Gasteiger partial charge is 0.251 e. The fourth-order valence-electron chi connectivity index (χ4n) is 4.44. The Kier molecular flexibility index (Phi) is 8.31. The van der Waals surface area contributed by atoms with E-state index in [1.165, 1.54) is 17.1 Å². The normalized spacial score (nSPS) is 11.9. The van der Waals surface area contributed by atoms with Gasteiger partial charge in [0.15, 0.2) is 0 Å². The molecule has 3 N–H and O–H groups in total. The molecule has 0 saturated carbocycles. The third-order valence-corrected chi connectivity index (χ3v) is 6.71. The van der Waals surface area contributed by atoms with Crippen LogP contribution in [0.15, 0.2) is 85.2 Å². The number of tetrazole rings is 1.